The molecule has 156 valence electrons. The molecule has 9 heteroatoms. The third-order valence-electron chi connectivity index (χ3n) is 4.79. The van der Waals surface area contributed by atoms with Gasteiger partial charge in [-0.1, -0.05) is 0 Å². The molecule has 0 radical (unpaired) electrons. The zero-order chi connectivity index (χ0) is 21.0. The van der Waals surface area contributed by atoms with Crippen LogP contribution in [0.2, 0.25) is 0 Å². The van der Waals surface area contributed by atoms with Crippen LogP contribution in [-0.4, -0.2) is 61.0 Å². The average molecular weight is 420 g/mol. The number of methoxy groups -OCH3 is 2. The Bertz CT molecular complexity index is 834. The first-order valence-electron chi connectivity index (χ1n) is 9.36. The van der Waals surface area contributed by atoms with E-state index in [0.717, 1.165) is 0 Å². The molecule has 1 amide bonds. The van der Waals surface area contributed by atoms with Gasteiger partial charge in [-0.25, -0.2) is 0 Å². The first-order valence-corrected chi connectivity index (χ1v) is 10.2. The smallest absolute Gasteiger partial charge is 0.309 e. The summed E-state index contributed by atoms with van der Waals surface area (Å²) in [5, 5.41) is 10.7. The van der Waals surface area contributed by atoms with E-state index in [-0.39, 0.29) is 35.0 Å². The summed E-state index contributed by atoms with van der Waals surface area (Å²) < 4.78 is 15.4. The molecule has 0 unspecified atom stereocenters. The Morgan fingerprint density at radius 3 is 2.45 bits per heavy atom. The Morgan fingerprint density at radius 1 is 1.28 bits per heavy atom. The highest BCUT2D eigenvalue weighted by atomic mass is 32.2. The summed E-state index contributed by atoms with van der Waals surface area (Å²) in [5.74, 6) is -0.143. The van der Waals surface area contributed by atoms with Gasteiger partial charge in [0.1, 0.15) is 0 Å². The van der Waals surface area contributed by atoms with Crippen LogP contribution >= 0.6 is 11.8 Å². The highest BCUT2D eigenvalue weighted by molar-refractivity contribution is 8.18. The van der Waals surface area contributed by atoms with Crippen LogP contribution < -0.4 is 9.47 Å². The number of hydrogen-bond acceptors (Lipinski definition) is 8. The molecule has 29 heavy (non-hydrogen) atoms. The predicted molar refractivity (Wildman–Crippen MR) is 110 cm³/mol. The summed E-state index contributed by atoms with van der Waals surface area (Å²) in [4.78, 5) is 30.9. The molecule has 0 bridgehead atoms. The molecule has 1 N–H and O–H groups in total. The van der Waals surface area contributed by atoms with E-state index < -0.39 is 0 Å². The maximum absolute atomic E-state index is 12.4. The van der Waals surface area contributed by atoms with E-state index in [1.807, 2.05) is 4.90 Å². The van der Waals surface area contributed by atoms with E-state index in [4.69, 9.17) is 14.2 Å². The highest BCUT2D eigenvalue weighted by Crippen LogP contribution is 2.39. The number of thioether (sulfide) groups is 1. The Morgan fingerprint density at radius 2 is 1.90 bits per heavy atom. The molecule has 0 atom stereocenters. The molecule has 3 rings (SSSR count). The van der Waals surface area contributed by atoms with Gasteiger partial charge in [0.15, 0.2) is 16.7 Å². The normalized spacial score (nSPS) is 18.7. The van der Waals surface area contributed by atoms with Crippen molar-refractivity contribution in [1.82, 2.24) is 4.90 Å². The number of carbonyl (C=O) groups excluding carboxylic acids is 2. The van der Waals surface area contributed by atoms with E-state index in [1.54, 1.807) is 25.1 Å². The van der Waals surface area contributed by atoms with E-state index >= 15 is 0 Å². The number of hydrogen-bond donors (Lipinski definition) is 1. The second-order valence-electron chi connectivity index (χ2n) is 6.60. The predicted octanol–water partition coefficient (Wildman–Crippen LogP) is 2.65. The van der Waals surface area contributed by atoms with Crippen molar-refractivity contribution in [3.05, 3.63) is 22.6 Å². The molecule has 2 aliphatic heterocycles. The Kier molecular flexibility index (Phi) is 6.68. The summed E-state index contributed by atoms with van der Waals surface area (Å²) >= 11 is 1.30. The van der Waals surface area contributed by atoms with Gasteiger partial charge in [0.2, 0.25) is 5.75 Å². The van der Waals surface area contributed by atoms with Gasteiger partial charge in [0.25, 0.3) is 5.91 Å². The lowest BCUT2D eigenvalue weighted by molar-refractivity contribution is -0.149. The number of amidine groups is 1. The van der Waals surface area contributed by atoms with Crippen LogP contribution in [0.5, 0.6) is 17.2 Å². The Labute approximate surface area is 173 Å². The lowest BCUT2D eigenvalue weighted by Gasteiger charge is -2.31. The summed E-state index contributed by atoms with van der Waals surface area (Å²) in [6.45, 7) is 3.49. The van der Waals surface area contributed by atoms with Crippen LogP contribution in [0.25, 0.3) is 6.08 Å². The number of piperidine rings is 1. The standard InChI is InChI=1S/C20H24N2O6S/c1-4-28-19(25)13-5-7-22(8-6-13)20-21-18(24)16(29-20)11-12-9-14(26-2)17(23)15(10-12)27-3/h9-11,13,23H,4-8H2,1-3H3/b16-11-. The molecule has 0 aromatic heterocycles. The van der Waals surface area contributed by atoms with Crippen LogP contribution in [0.1, 0.15) is 25.3 Å². The van der Waals surface area contributed by atoms with E-state index in [1.165, 1.54) is 26.0 Å². The molecule has 8 nitrogen and oxygen atoms in total. The number of benzene rings is 1. The lowest BCUT2D eigenvalue weighted by Crippen LogP contribution is -2.39. The molecule has 1 saturated heterocycles. The number of aliphatic imine (C=N–C) groups is 1. The van der Waals surface area contributed by atoms with Crippen LogP contribution in [-0.2, 0) is 14.3 Å². The molecule has 0 spiro atoms. The number of phenols is 1. The second-order valence-corrected chi connectivity index (χ2v) is 7.61. The van der Waals surface area contributed by atoms with Crippen molar-refractivity contribution in [1.29, 1.82) is 0 Å². The van der Waals surface area contributed by atoms with Gasteiger partial charge in [0, 0.05) is 13.1 Å². The number of ether oxygens (including phenoxy) is 3. The molecule has 2 aliphatic rings. The monoisotopic (exact) mass is 420 g/mol. The van der Waals surface area contributed by atoms with E-state index in [9.17, 15) is 14.7 Å². The van der Waals surface area contributed by atoms with Crippen molar-refractivity contribution in [2.45, 2.75) is 19.8 Å². The minimum absolute atomic E-state index is 0.0936. The molecule has 0 aliphatic carbocycles. The number of carbonyl (C=O) groups is 2. The van der Waals surface area contributed by atoms with E-state index in [0.29, 0.717) is 48.2 Å². The maximum atomic E-state index is 12.4. The van der Waals surface area contributed by atoms with Crippen molar-refractivity contribution < 1.29 is 28.9 Å². The number of rotatable bonds is 5. The summed E-state index contributed by atoms with van der Waals surface area (Å²) in [6.07, 6.45) is 3.05. The number of nitrogens with zero attached hydrogens (tertiary/aromatic N) is 2. The number of aromatic hydroxyl groups is 1. The van der Waals surface area contributed by atoms with Crippen LogP contribution in [0, 0.1) is 5.92 Å². The third-order valence-corrected chi connectivity index (χ3v) is 5.84. The first kappa shape index (κ1) is 21.0. The molecular formula is C20H24N2O6S. The number of likely N-dealkylation sites (tertiary alicyclic amines) is 1. The first-order chi connectivity index (χ1) is 14.0. The molecule has 0 saturated carbocycles. The minimum atomic E-state index is -0.316. The van der Waals surface area contributed by atoms with Crippen molar-refractivity contribution in [2.75, 3.05) is 33.9 Å². The summed E-state index contributed by atoms with van der Waals surface area (Å²) in [7, 11) is 2.89. The molecule has 2 heterocycles. The lowest BCUT2D eigenvalue weighted by atomic mass is 9.97. The maximum Gasteiger partial charge on any atom is 0.309 e. The molecular weight excluding hydrogens is 396 g/mol. The van der Waals surface area contributed by atoms with Crippen molar-refractivity contribution in [3.8, 4) is 17.2 Å². The van der Waals surface area contributed by atoms with Gasteiger partial charge in [0.05, 0.1) is 31.6 Å². The number of esters is 1. The number of amides is 1. The highest BCUT2D eigenvalue weighted by Gasteiger charge is 2.31. The van der Waals surface area contributed by atoms with Gasteiger partial charge >= 0.3 is 5.97 Å². The SMILES string of the molecule is CCOC(=O)C1CCN(C2=NC(=O)/C(=C/c3cc(OC)c(O)c(OC)c3)S2)CC1. The van der Waals surface area contributed by atoms with Gasteiger partial charge in [-0.2, -0.15) is 4.99 Å². The van der Waals surface area contributed by atoms with Crippen molar-refractivity contribution >= 4 is 34.9 Å². The minimum Gasteiger partial charge on any atom is -0.502 e. The Hall–Kier alpha value is -2.68. The quantitative estimate of drug-likeness (QED) is 0.574. The second kappa shape index (κ2) is 9.21. The summed E-state index contributed by atoms with van der Waals surface area (Å²) in [5.41, 5.74) is 0.657. The average Bonchev–Trinajstić information content (AvgIpc) is 3.09. The van der Waals surface area contributed by atoms with E-state index in [2.05, 4.69) is 4.99 Å². The fraction of sp³-hybridized carbons (Fsp3) is 0.450. The van der Waals surface area contributed by atoms with Crippen molar-refractivity contribution in [3.63, 3.8) is 0 Å². The number of phenolic OH excluding ortho intramolecular Hbond substituents is 1. The van der Waals surface area contributed by atoms with Gasteiger partial charge in [-0.15, -0.1) is 0 Å². The molecule has 1 aromatic rings. The summed E-state index contributed by atoms with van der Waals surface area (Å²) in [6, 6.07) is 3.25. The third kappa shape index (κ3) is 4.67. The zero-order valence-corrected chi connectivity index (χ0v) is 17.5. The van der Waals surface area contributed by atoms with Crippen LogP contribution in [0.15, 0.2) is 22.0 Å². The molecule has 1 fully saturated rings. The zero-order valence-electron chi connectivity index (χ0n) is 16.6. The van der Waals surface area contributed by atoms with Crippen LogP contribution in [0.4, 0.5) is 0 Å². The Balaban J connectivity index is 1.69. The fourth-order valence-electron chi connectivity index (χ4n) is 3.25. The fourth-order valence-corrected chi connectivity index (χ4v) is 4.21. The van der Waals surface area contributed by atoms with Gasteiger partial charge in [-0.3, -0.25) is 9.59 Å². The van der Waals surface area contributed by atoms with Crippen LogP contribution in [0.3, 0.4) is 0 Å². The van der Waals surface area contributed by atoms with Gasteiger partial charge < -0.3 is 24.2 Å². The van der Waals surface area contributed by atoms with Gasteiger partial charge in [-0.05, 0) is 55.3 Å². The molecule has 1 aromatic carbocycles. The topological polar surface area (TPSA) is 97.7 Å². The largest absolute Gasteiger partial charge is 0.502 e. The van der Waals surface area contributed by atoms with Crippen molar-refractivity contribution in [2.24, 2.45) is 10.9 Å².